The van der Waals surface area contributed by atoms with E-state index in [4.69, 9.17) is 0 Å². The first-order valence-electron chi connectivity index (χ1n) is 8.25. The maximum Gasteiger partial charge on any atom is 0.267 e. The Morgan fingerprint density at radius 3 is 2.72 bits per heavy atom. The van der Waals surface area contributed by atoms with E-state index in [0.29, 0.717) is 12.2 Å². The second-order valence-corrected chi connectivity index (χ2v) is 5.71. The van der Waals surface area contributed by atoms with Crippen LogP contribution in [0.1, 0.15) is 18.1 Å². The summed E-state index contributed by atoms with van der Waals surface area (Å²) in [6.45, 7) is 5.39. The number of aryl methyl sites for hydroxylation is 1. The Bertz CT molecular complexity index is 778. The number of anilines is 1. The van der Waals surface area contributed by atoms with Crippen LogP contribution in [-0.2, 0) is 11.2 Å². The van der Waals surface area contributed by atoms with Gasteiger partial charge in [0.15, 0.2) is 0 Å². The highest BCUT2D eigenvalue weighted by molar-refractivity contribution is 6.06. The number of likely N-dealkylation sites (N-methyl/N-ethyl adjacent to an activating group) is 1. The van der Waals surface area contributed by atoms with Gasteiger partial charge in [-0.25, -0.2) is 0 Å². The average Bonchev–Trinajstić information content (AvgIpc) is 2.63. The standard InChI is InChI=1S/C20H22N4O/c1-3-24(12-9-17-7-10-22-11-8-17)15-18(14-21)20(25)23-19-6-4-5-16(2)13-19/h4-8,10-11,13,15H,3,9,12H2,1-2H3,(H,23,25)/b18-15-. The highest BCUT2D eigenvalue weighted by atomic mass is 16.1. The summed E-state index contributed by atoms with van der Waals surface area (Å²) in [6.07, 6.45) is 5.98. The first kappa shape index (κ1) is 18.2. The van der Waals surface area contributed by atoms with Crippen molar-refractivity contribution < 1.29 is 4.79 Å². The summed E-state index contributed by atoms with van der Waals surface area (Å²) in [5.74, 6) is -0.393. The van der Waals surface area contributed by atoms with E-state index in [1.807, 2.05) is 55.1 Å². The van der Waals surface area contributed by atoms with Crippen molar-refractivity contribution in [3.8, 4) is 6.07 Å². The third-order valence-corrected chi connectivity index (χ3v) is 3.80. The van der Waals surface area contributed by atoms with Crippen LogP contribution >= 0.6 is 0 Å². The smallest absolute Gasteiger partial charge is 0.267 e. The molecule has 1 N–H and O–H groups in total. The zero-order valence-corrected chi connectivity index (χ0v) is 14.6. The average molecular weight is 334 g/mol. The summed E-state index contributed by atoms with van der Waals surface area (Å²) in [6, 6.07) is 13.4. The van der Waals surface area contributed by atoms with Gasteiger partial charge in [-0.05, 0) is 55.7 Å². The molecule has 0 unspecified atom stereocenters. The van der Waals surface area contributed by atoms with E-state index in [-0.39, 0.29) is 5.57 Å². The quantitative estimate of drug-likeness (QED) is 0.623. The number of nitrogens with one attached hydrogen (secondary N) is 1. The van der Waals surface area contributed by atoms with Gasteiger partial charge in [-0.1, -0.05) is 12.1 Å². The van der Waals surface area contributed by atoms with Crippen molar-refractivity contribution in [1.29, 1.82) is 5.26 Å². The number of pyridine rings is 1. The molecule has 128 valence electrons. The Hall–Kier alpha value is -3.13. The molecule has 1 heterocycles. The molecule has 0 saturated heterocycles. The molecule has 0 radical (unpaired) electrons. The molecular formula is C20H22N4O. The van der Waals surface area contributed by atoms with Crippen LogP contribution < -0.4 is 5.32 Å². The molecule has 5 nitrogen and oxygen atoms in total. The van der Waals surface area contributed by atoms with Gasteiger partial charge in [-0.15, -0.1) is 0 Å². The van der Waals surface area contributed by atoms with E-state index in [1.54, 1.807) is 24.7 Å². The van der Waals surface area contributed by atoms with Crippen LogP contribution in [0.3, 0.4) is 0 Å². The summed E-state index contributed by atoms with van der Waals surface area (Å²) in [7, 11) is 0. The number of carbonyl (C=O) groups is 1. The number of carbonyl (C=O) groups excluding carboxylic acids is 1. The number of rotatable bonds is 7. The second kappa shape index (κ2) is 9.24. The highest BCUT2D eigenvalue weighted by Crippen LogP contribution is 2.11. The summed E-state index contributed by atoms with van der Waals surface area (Å²) in [5, 5.41) is 12.1. The van der Waals surface area contributed by atoms with Crippen molar-refractivity contribution in [2.45, 2.75) is 20.3 Å². The zero-order chi connectivity index (χ0) is 18.1. The van der Waals surface area contributed by atoms with Crippen molar-refractivity contribution in [2.24, 2.45) is 0 Å². The summed E-state index contributed by atoms with van der Waals surface area (Å²) < 4.78 is 0. The normalized spacial score (nSPS) is 10.8. The minimum atomic E-state index is -0.393. The molecule has 2 rings (SSSR count). The lowest BCUT2D eigenvalue weighted by atomic mass is 10.2. The molecule has 2 aromatic rings. The number of amides is 1. The zero-order valence-electron chi connectivity index (χ0n) is 14.6. The van der Waals surface area contributed by atoms with Gasteiger partial charge in [-0.2, -0.15) is 5.26 Å². The van der Waals surface area contributed by atoms with Gasteiger partial charge in [-0.3, -0.25) is 9.78 Å². The van der Waals surface area contributed by atoms with Gasteiger partial charge >= 0.3 is 0 Å². The fourth-order valence-corrected chi connectivity index (χ4v) is 2.38. The van der Waals surface area contributed by atoms with E-state index in [0.717, 1.165) is 18.5 Å². The van der Waals surface area contributed by atoms with Gasteiger partial charge in [0.2, 0.25) is 0 Å². The number of hydrogen-bond donors (Lipinski definition) is 1. The van der Waals surface area contributed by atoms with Gasteiger partial charge < -0.3 is 10.2 Å². The molecule has 0 bridgehead atoms. The molecule has 0 fully saturated rings. The second-order valence-electron chi connectivity index (χ2n) is 5.71. The maximum atomic E-state index is 12.3. The fourth-order valence-electron chi connectivity index (χ4n) is 2.38. The number of benzene rings is 1. The lowest BCUT2D eigenvalue weighted by Crippen LogP contribution is -2.23. The summed E-state index contributed by atoms with van der Waals surface area (Å²) >= 11 is 0. The SMILES string of the molecule is CCN(/C=C(/C#N)C(=O)Nc1cccc(C)c1)CCc1ccncc1. The van der Waals surface area contributed by atoms with Crippen molar-refractivity contribution >= 4 is 11.6 Å². The highest BCUT2D eigenvalue weighted by Gasteiger charge is 2.11. The molecule has 1 amide bonds. The molecule has 1 aromatic carbocycles. The third-order valence-electron chi connectivity index (χ3n) is 3.80. The first-order chi connectivity index (χ1) is 12.1. The van der Waals surface area contributed by atoms with Crippen molar-refractivity contribution in [3.63, 3.8) is 0 Å². The Kier molecular flexibility index (Phi) is 6.73. The number of nitrogens with zero attached hydrogens (tertiary/aromatic N) is 3. The van der Waals surface area contributed by atoms with Crippen molar-refractivity contribution in [3.05, 3.63) is 71.7 Å². The van der Waals surface area contributed by atoms with Crippen LogP contribution in [0.4, 0.5) is 5.69 Å². The van der Waals surface area contributed by atoms with E-state index in [9.17, 15) is 10.1 Å². The largest absolute Gasteiger partial charge is 0.376 e. The molecule has 0 aliphatic heterocycles. The minimum Gasteiger partial charge on any atom is -0.376 e. The molecule has 25 heavy (non-hydrogen) atoms. The van der Waals surface area contributed by atoms with Gasteiger partial charge in [0.25, 0.3) is 5.91 Å². The van der Waals surface area contributed by atoms with Gasteiger partial charge in [0, 0.05) is 37.4 Å². The molecule has 5 heteroatoms. The molecule has 1 aromatic heterocycles. The van der Waals surface area contributed by atoms with Crippen LogP contribution in [0.25, 0.3) is 0 Å². The molecule has 0 aliphatic carbocycles. The molecular weight excluding hydrogens is 312 g/mol. The Morgan fingerprint density at radius 2 is 2.08 bits per heavy atom. The van der Waals surface area contributed by atoms with E-state index < -0.39 is 5.91 Å². The number of hydrogen-bond acceptors (Lipinski definition) is 4. The van der Waals surface area contributed by atoms with Crippen LogP contribution in [0.5, 0.6) is 0 Å². The van der Waals surface area contributed by atoms with E-state index in [2.05, 4.69) is 10.3 Å². The predicted octanol–water partition coefficient (Wildman–Crippen LogP) is 3.30. The first-order valence-corrected chi connectivity index (χ1v) is 8.25. The van der Waals surface area contributed by atoms with Crippen LogP contribution in [0, 0.1) is 18.3 Å². The number of aromatic nitrogens is 1. The van der Waals surface area contributed by atoms with Crippen LogP contribution in [0.2, 0.25) is 0 Å². The Balaban J connectivity index is 2.03. The van der Waals surface area contributed by atoms with E-state index in [1.165, 1.54) is 5.56 Å². The van der Waals surface area contributed by atoms with Crippen molar-refractivity contribution in [2.75, 3.05) is 18.4 Å². The topological polar surface area (TPSA) is 69.0 Å². The monoisotopic (exact) mass is 334 g/mol. The van der Waals surface area contributed by atoms with Gasteiger partial charge in [0.1, 0.15) is 11.6 Å². The fraction of sp³-hybridized carbons (Fsp3) is 0.250. The Morgan fingerprint density at radius 1 is 1.32 bits per heavy atom. The third kappa shape index (κ3) is 5.78. The summed E-state index contributed by atoms with van der Waals surface area (Å²) in [4.78, 5) is 18.3. The molecule has 0 saturated carbocycles. The van der Waals surface area contributed by atoms with E-state index >= 15 is 0 Å². The van der Waals surface area contributed by atoms with Crippen LogP contribution in [-0.4, -0.2) is 28.9 Å². The molecule has 0 aliphatic rings. The maximum absolute atomic E-state index is 12.3. The molecule has 0 atom stereocenters. The predicted molar refractivity (Wildman–Crippen MR) is 98.7 cm³/mol. The summed E-state index contributed by atoms with van der Waals surface area (Å²) in [5.41, 5.74) is 3.00. The number of nitriles is 1. The lowest BCUT2D eigenvalue weighted by Gasteiger charge is -2.18. The Labute approximate surface area is 148 Å². The van der Waals surface area contributed by atoms with Gasteiger partial charge in [0.05, 0.1) is 0 Å². The van der Waals surface area contributed by atoms with Crippen LogP contribution in [0.15, 0.2) is 60.6 Å². The minimum absolute atomic E-state index is 0.0954. The van der Waals surface area contributed by atoms with Crippen molar-refractivity contribution in [1.82, 2.24) is 9.88 Å². The lowest BCUT2D eigenvalue weighted by molar-refractivity contribution is -0.112. The molecule has 0 spiro atoms.